The second kappa shape index (κ2) is 3.53. The predicted molar refractivity (Wildman–Crippen MR) is 43.4 cm³/mol. The molecule has 0 unspecified atom stereocenters. The van der Waals surface area contributed by atoms with Gasteiger partial charge in [-0.1, -0.05) is 0 Å². The molecule has 0 saturated carbocycles. The summed E-state index contributed by atoms with van der Waals surface area (Å²) in [6.45, 7) is 5.12. The van der Waals surface area contributed by atoms with Crippen LogP contribution >= 0.6 is 0 Å². The average Bonchev–Trinajstić information content (AvgIpc) is 2.29. The monoisotopic (exact) mass is 154 g/mol. The minimum atomic E-state index is 0.247. The highest BCUT2D eigenvalue weighted by Crippen LogP contribution is 2.03. The number of rotatable bonds is 3. The summed E-state index contributed by atoms with van der Waals surface area (Å²) in [5.41, 5.74) is 1.16. The van der Waals surface area contributed by atoms with E-state index in [0.29, 0.717) is 0 Å². The standard InChI is InChI=1S/C8H14N2O/c1-7-6-9-8(2)10(7)4-3-5-11/h6,11H,3-5H2,1-2H3. The molecular formula is C8H14N2O. The van der Waals surface area contributed by atoms with Crippen LogP contribution < -0.4 is 0 Å². The molecule has 0 aliphatic rings. The van der Waals surface area contributed by atoms with E-state index in [1.54, 1.807) is 0 Å². The minimum Gasteiger partial charge on any atom is -0.396 e. The Kier molecular flexibility index (Phi) is 2.65. The Bertz CT molecular complexity index is 210. The van der Waals surface area contributed by atoms with Crippen LogP contribution in [0.3, 0.4) is 0 Å². The number of aliphatic hydroxyl groups is 1. The normalized spacial score (nSPS) is 10.5. The van der Waals surface area contributed by atoms with Gasteiger partial charge in [0.05, 0.1) is 0 Å². The first-order valence-electron chi connectivity index (χ1n) is 3.85. The van der Waals surface area contributed by atoms with Gasteiger partial charge in [-0.3, -0.25) is 0 Å². The third kappa shape index (κ3) is 1.80. The van der Waals surface area contributed by atoms with Crippen LogP contribution in [0.2, 0.25) is 0 Å². The number of aryl methyl sites for hydroxylation is 2. The molecule has 1 heterocycles. The van der Waals surface area contributed by atoms with Crippen molar-refractivity contribution in [3.05, 3.63) is 17.7 Å². The van der Waals surface area contributed by atoms with Crippen molar-refractivity contribution in [3.8, 4) is 0 Å². The molecule has 0 aromatic carbocycles. The van der Waals surface area contributed by atoms with Crippen LogP contribution in [0.25, 0.3) is 0 Å². The number of imidazole rings is 1. The van der Waals surface area contributed by atoms with Gasteiger partial charge in [-0.2, -0.15) is 0 Å². The van der Waals surface area contributed by atoms with Crippen LogP contribution in [-0.2, 0) is 6.54 Å². The molecule has 0 amide bonds. The van der Waals surface area contributed by atoms with Crippen molar-refractivity contribution in [3.63, 3.8) is 0 Å². The van der Waals surface area contributed by atoms with Crippen LogP contribution in [0.4, 0.5) is 0 Å². The first-order chi connectivity index (χ1) is 5.25. The van der Waals surface area contributed by atoms with E-state index in [1.165, 1.54) is 0 Å². The molecule has 1 rings (SSSR count). The van der Waals surface area contributed by atoms with E-state index in [2.05, 4.69) is 9.55 Å². The van der Waals surface area contributed by atoms with Crippen molar-refractivity contribution in [2.45, 2.75) is 26.8 Å². The lowest BCUT2D eigenvalue weighted by atomic mass is 10.4. The van der Waals surface area contributed by atoms with Gasteiger partial charge >= 0.3 is 0 Å². The van der Waals surface area contributed by atoms with Gasteiger partial charge in [0, 0.05) is 25.0 Å². The molecule has 3 heteroatoms. The zero-order valence-electron chi connectivity index (χ0n) is 7.04. The molecular weight excluding hydrogens is 140 g/mol. The second-order valence-electron chi connectivity index (χ2n) is 2.68. The fourth-order valence-corrected chi connectivity index (χ4v) is 1.15. The molecule has 0 aliphatic carbocycles. The topological polar surface area (TPSA) is 38.0 Å². The van der Waals surface area contributed by atoms with Gasteiger partial charge in [0.2, 0.25) is 0 Å². The molecule has 0 fully saturated rings. The number of hydrogen-bond donors (Lipinski definition) is 1. The highest BCUT2D eigenvalue weighted by molar-refractivity contribution is 5.01. The maximum atomic E-state index is 8.61. The number of hydrogen-bond acceptors (Lipinski definition) is 2. The molecule has 0 aliphatic heterocycles. The van der Waals surface area contributed by atoms with Crippen molar-refractivity contribution >= 4 is 0 Å². The molecule has 1 aromatic rings. The molecule has 0 radical (unpaired) electrons. The van der Waals surface area contributed by atoms with E-state index in [1.807, 2.05) is 20.0 Å². The third-order valence-electron chi connectivity index (χ3n) is 1.79. The Morgan fingerprint density at radius 3 is 2.73 bits per heavy atom. The van der Waals surface area contributed by atoms with Gasteiger partial charge < -0.3 is 9.67 Å². The van der Waals surface area contributed by atoms with E-state index >= 15 is 0 Å². The lowest BCUT2D eigenvalue weighted by Gasteiger charge is -2.04. The Morgan fingerprint density at radius 2 is 2.27 bits per heavy atom. The van der Waals surface area contributed by atoms with Crippen molar-refractivity contribution in [1.29, 1.82) is 0 Å². The first kappa shape index (κ1) is 8.27. The zero-order chi connectivity index (χ0) is 8.27. The molecule has 0 spiro atoms. The van der Waals surface area contributed by atoms with E-state index in [-0.39, 0.29) is 6.61 Å². The van der Waals surface area contributed by atoms with Crippen LogP contribution in [0, 0.1) is 13.8 Å². The predicted octanol–water partition coefficient (Wildman–Crippen LogP) is 0.882. The smallest absolute Gasteiger partial charge is 0.105 e. The van der Waals surface area contributed by atoms with Gasteiger partial charge in [0.15, 0.2) is 0 Å². The summed E-state index contributed by atoms with van der Waals surface area (Å²) in [4.78, 5) is 4.15. The van der Waals surface area contributed by atoms with Crippen LogP contribution in [0.1, 0.15) is 17.9 Å². The molecule has 0 bridgehead atoms. The number of aliphatic hydroxyl groups excluding tert-OH is 1. The Hall–Kier alpha value is -0.830. The van der Waals surface area contributed by atoms with Crippen molar-refractivity contribution < 1.29 is 5.11 Å². The number of nitrogens with zero attached hydrogens (tertiary/aromatic N) is 2. The first-order valence-corrected chi connectivity index (χ1v) is 3.85. The van der Waals surface area contributed by atoms with Crippen LogP contribution in [0.15, 0.2) is 6.20 Å². The molecule has 0 saturated heterocycles. The molecule has 3 nitrogen and oxygen atoms in total. The summed E-state index contributed by atoms with van der Waals surface area (Å²) in [7, 11) is 0. The molecule has 0 atom stereocenters. The summed E-state index contributed by atoms with van der Waals surface area (Å²) < 4.78 is 2.11. The van der Waals surface area contributed by atoms with Gasteiger partial charge in [-0.05, 0) is 20.3 Å². The Labute approximate surface area is 66.7 Å². The van der Waals surface area contributed by atoms with Gasteiger partial charge in [0.25, 0.3) is 0 Å². The number of aromatic nitrogens is 2. The largest absolute Gasteiger partial charge is 0.396 e. The highest BCUT2D eigenvalue weighted by atomic mass is 16.3. The minimum absolute atomic E-state index is 0.247. The Morgan fingerprint density at radius 1 is 1.55 bits per heavy atom. The molecule has 1 N–H and O–H groups in total. The summed E-state index contributed by atoms with van der Waals surface area (Å²) in [5, 5.41) is 8.61. The quantitative estimate of drug-likeness (QED) is 0.702. The van der Waals surface area contributed by atoms with E-state index in [4.69, 9.17) is 5.11 Å². The maximum absolute atomic E-state index is 8.61. The van der Waals surface area contributed by atoms with Gasteiger partial charge in [0.1, 0.15) is 5.82 Å². The highest BCUT2D eigenvalue weighted by Gasteiger charge is 1.99. The Balaban J connectivity index is 2.67. The fourth-order valence-electron chi connectivity index (χ4n) is 1.15. The van der Waals surface area contributed by atoms with Crippen LogP contribution in [-0.4, -0.2) is 21.3 Å². The molecule has 62 valence electrons. The average molecular weight is 154 g/mol. The molecule has 1 aromatic heterocycles. The van der Waals surface area contributed by atoms with Gasteiger partial charge in [-0.15, -0.1) is 0 Å². The summed E-state index contributed by atoms with van der Waals surface area (Å²) in [5.74, 6) is 1.02. The van der Waals surface area contributed by atoms with E-state index < -0.39 is 0 Å². The third-order valence-corrected chi connectivity index (χ3v) is 1.79. The van der Waals surface area contributed by atoms with Crippen LogP contribution in [0.5, 0.6) is 0 Å². The van der Waals surface area contributed by atoms with Crippen molar-refractivity contribution in [1.82, 2.24) is 9.55 Å². The maximum Gasteiger partial charge on any atom is 0.105 e. The van der Waals surface area contributed by atoms with E-state index in [9.17, 15) is 0 Å². The molecule has 11 heavy (non-hydrogen) atoms. The van der Waals surface area contributed by atoms with E-state index in [0.717, 1.165) is 24.5 Å². The van der Waals surface area contributed by atoms with Crippen molar-refractivity contribution in [2.24, 2.45) is 0 Å². The zero-order valence-corrected chi connectivity index (χ0v) is 7.04. The summed E-state index contributed by atoms with van der Waals surface area (Å²) in [6, 6.07) is 0. The second-order valence-corrected chi connectivity index (χ2v) is 2.68. The van der Waals surface area contributed by atoms with Crippen molar-refractivity contribution in [2.75, 3.05) is 6.61 Å². The lowest BCUT2D eigenvalue weighted by molar-refractivity contribution is 0.279. The fraction of sp³-hybridized carbons (Fsp3) is 0.625. The SMILES string of the molecule is Cc1cnc(C)n1CCCO. The lowest BCUT2D eigenvalue weighted by Crippen LogP contribution is -2.03. The van der Waals surface area contributed by atoms with Gasteiger partial charge in [-0.25, -0.2) is 4.98 Å². The summed E-state index contributed by atoms with van der Waals surface area (Å²) in [6.07, 6.45) is 2.66. The summed E-state index contributed by atoms with van der Waals surface area (Å²) >= 11 is 0.